The smallest absolute Gasteiger partial charge is 0.268 e. The van der Waals surface area contributed by atoms with Gasteiger partial charge < -0.3 is 10.3 Å². The lowest BCUT2D eigenvalue weighted by molar-refractivity contribution is 0.196. The number of thiophene rings is 1. The van der Waals surface area contributed by atoms with E-state index in [9.17, 15) is 9.18 Å². The predicted octanol–water partition coefficient (Wildman–Crippen LogP) is 2.44. The number of hydrogen-bond acceptors (Lipinski definition) is 5. The Morgan fingerprint density at radius 1 is 1.38 bits per heavy atom. The lowest BCUT2D eigenvalue weighted by atomic mass is 9.97. The van der Waals surface area contributed by atoms with Crippen LogP contribution in [0.3, 0.4) is 0 Å². The Kier molecular flexibility index (Phi) is 2.96. The molecule has 0 amide bonds. The van der Waals surface area contributed by atoms with E-state index in [1.54, 1.807) is 6.20 Å². The number of aryl methyl sites for hydroxylation is 1. The van der Waals surface area contributed by atoms with Gasteiger partial charge in [-0.1, -0.05) is 0 Å². The number of hydrogen-bond donors (Lipinski definition) is 3. The number of nitrogens with one attached hydrogen (secondary N) is 3. The third-order valence-electron chi connectivity index (χ3n) is 5.17. The van der Waals surface area contributed by atoms with Crippen molar-refractivity contribution in [2.45, 2.75) is 38.0 Å². The number of aromatic amines is 2. The molecule has 3 aromatic heterocycles. The number of aromatic nitrogens is 4. The topological polar surface area (TPSA) is 86.5 Å². The standard InChI is InChI=1S/C16H16FN5OS/c1-6-9(5-18-22-6)12-4-11-14(24-12)16(23)21-15(20-11)13-8-2-7(19-13)3-10(8)17/h4-5,7-8,10,13,19H,2-3H2,1H3,(H,18,22)(H,20,21,23)/t7-,8+,10-,13-/m0/s1. The number of fused-ring (bicyclic) bond motifs is 3. The van der Waals surface area contributed by atoms with Gasteiger partial charge in [0, 0.05) is 28.1 Å². The summed E-state index contributed by atoms with van der Waals surface area (Å²) in [6.45, 7) is 1.94. The van der Waals surface area contributed by atoms with Gasteiger partial charge in [0.15, 0.2) is 0 Å². The second-order valence-electron chi connectivity index (χ2n) is 6.68. The average Bonchev–Trinajstić information content (AvgIpc) is 3.28. The number of piperidine rings is 1. The van der Waals surface area contributed by atoms with Crippen LogP contribution in [0, 0.1) is 12.8 Å². The number of H-pyrrole nitrogens is 2. The summed E-state index contributed by atoms with van der Waals surface area (Å²) in [7, 11) is 0. The van der Waals surface area contributed by atoms with Gasteiger partial charge in [0.25, 0.3) is 5.56 Å². The third-order valence-corrected chi connectivity index (χ3v) is 6.32. The highest BCUT2D eigenvalue weighted by atomic mass is 32.1. The van der Waals surface area contributed by atoms with Gasteiger partial charge in [-0.2, -0.15) is 5.10 Å². The van der Waals surface area contributed by atoms with Gasteiger partial charge in [0.1, 0.15) is 16.7 Å². The van der Waals surface area contributed by atoms with Gasteiger partial charge >= 0.3 is 0 Å². The average molecular weight is 345 g/mol. The van der Waals surface area contributed by atoms with Crippen molar-refractivity contribution in [1.82, 2.24) is 25.5 Å². The van der Waals surface area contributed by atoms with Gasteiger partial charge in [0.2, 0.25) is 0 Å². The normalized spacial score (nSPS) is 28.9. The molecule has 2 aliphatic rings. The molecule has 1 saturated heterocycles. The first-order chi connectivity index (χ1) is 11.6. The maximum atomic E-state index is 14.0. The highest BCUT2D eigenvalue weighted by Gasteiger charge is 2.48. The maximum absolute atomic E-state index is 14.0. The summed E-state index contributed by atoms with van der Waals surface area (Å²) in [5.74, 6) is 0.459. The van der Waals surface area contributed by atoms with Crippen LogP contribution in [0.15, 0.2) is 17.1 Å². The highest BCUT2D eigenvalue weighted by molar-refractivity contribution is 7.22. The van der Waals surface area contributed by atoms with Crippen molar-refractivity contribution in [1.29, 1.82) is 0 Å². The minimum absolute atomic E-state index is 0.0928. The molecule has 5 rings (SSSR count). The second kappa shape index (κ2) is 4.97. The van der Waals surface area contributed by atoms with Gasteiger partial charge in [-0.3, -0.25) is 9.89 Å². The molecule has 0 aromatic carbocycles. The lowest BCUT2D eigenvalue weighted by Crippen LogP contribution is -2.36. The molecular weight excluding hydrogens is 329 g/mol. The number of alkyl halides is 1. The van der Waals surface area contributed by atoms with Crippen LogP contribution >= 0.6 is 11.3 Å². The molecule has 0 radical (unpaired) electrons. The van der Waals surface area contributed by atoms with Crippen LogP contribution in [0.25, 0.3) is 20.7 Å². The van der Waals surface area contributed by atoms with Crippen LogP contribution in [-0.4, -0.2) is 32.4 Å². The fourth-order valence-electron chi connectivity index (χ4n) is 4.00. The molecule has 1 aliphatic heterocycles. The molecule has 8 heteroatoms. The Morgan fingerprint density at radius 2 is 2.25 bits per heavy atom. The van der Waals surface area contributed by atoms with E-state index >= 15 is 0 Å². The van der Waals surface area contributed by atoms with Crippen LogP contribution in [-0.2, 0) is 0 Å². The van der Waals surface area contributed by atoms with Crippen LogP contribution in [0.1, 0.15) is 30.4 Å². The molecule has 124 valence electrons. The Labute approximate surface area is 140 Å². The van der Waals surface area contributed by atoms with Gasteiger partial charge in [-0.25, -0.2) is 9.37 Å². The Hall–Kier alpha value is -2.06. The van der Waals surface area contributed by atoms with Crippen molar-refractivity contribution in [3.63, 3.8) is 0 Å². The molecule has 3 aromatic rings. The first-order valence-electron chi connectivity index (χ1n) is 8.04. The molecular formula is C16H16FN5OS. The maximum Gasteiger partial charge on any atom is 0.268 e. The fraction of sp³-hybridized carbons (Fsp3) is 0.438. The van der Waals surface area contributed by atoms with Gasteiger partial charge in [-0.15, -0.1) is 11.3 Å². The third kappa shape index (κ3) is 1.99. The van der Waals surface area contributed by atoms with Crippen molar-refractivity contribution in [3.8, 4) is 10.4 Å². The second-order valence-corrected chi connectivity index (χ2v) is 7.73. The zero-order chi connectivity index (χ0) is 16.4. The molecule has 0 unspecified atom stereocenters. The van der Waals surface area contributed by atoms with Crippen molar-refractivity contribution < 1.29 is 4.39 Å². The van der Waals surface area contributed by atoms with E-state index in [2.05, 4.69) is 25.5 Å². The minimum atomic E-state index is -0.811. The number of nitrogens with zero attached hydrogens (tertiary/aromatic N) is 2. The number of halogens is 1. The Balaban J connectivity index is 1.60. The van der Waals surface area contributed by atoms with E-state index in [1.165, 1.54) is 11.3 Å². The molecule has 6 nitrogen and oxygen atoms in total. The first-order valence-corrected chi connectivity index (χ1v) is 8.86. The molecule has 3 N–H and O–H groups in total. The zero-order valence-corrected chi connectivity index (χ0v) is 13.8. The molecule has 2 fully saturated rings. The molecule has 0 spiro atoms. The highest BCUT2D eigenvalue weighted by Crippen LogP contribution is 2.44. The quantitative estimate of drug-likeness (QED) is 0.666. The van der Waals surface area contributed by atoms with Crippen LogP contribution in [0.5, 0.6) is 0 Å². The van der Waals surface area contributed by atoms with Crippen molar-refractivity contribution >= 4 is 21.6 Å². The van der Waals surface area contributed by atoms with E-state index in [1.807, 2.05) is 13.0 Å². The summed E-state index contributed by atoms with van der Waals surface area (Å²) < 4.78 is 14.6. The summed E-state index contributed by atoms with van der Waals surface area (Å²) in [5.41, 5.74) is 2.43. The van der Waals surface area contributed by atoms with E-state index < -0.39 is 6.17 Å². The summed E-state index contributed by atoms with van der Waals surface area (Å²) >= 11 is 1.40. The molecule has 2 bridgehead atoms. The fourth-order valence-corrected chi connectivity index (χ4v) is 5.06. The monoisotopic (exact) mass is 345 g/mol. The summed E-state index contributed by atoms with van der Waals surface area (Å²) in [6.07, 6.45) is 2.32. The molecule has 4 atom stereocenters. The summed E-state index contributed by atoms with van der Waals surface area (Å²) in [5, 5.41) is 10.3. The van der Waals surface area contributed by atoms with Gasteiger partial charge in [0.05, 0.1) is 17.8 Å². The summed E-state index contributed by atoms with van der Waals surface area (Å²) in [6, 6.07) is 1.91. The van der Waals surface area contributed by atoms with Crippen LogP contribution in [0.2, 0.25) is 0 Å². The first kappa shape index (κ1) is 14.3. The lowest BCUT2D eigenvalue weighted by Gasteiger charge is -2.24. The Morgan fingerprint density at radius 3 is 2.96 bits per heavy atom. The van der Waals surface area contributed by atoms with E-state index in [0.29, 0.717) is 22.5 Å². The van der Waals surface area contributed by atoms with Crippen LogP contribution < -0.4 is 10.9 Å². The van der Waals surface area contributed by atoms with Crippen molar-refractivity contribution in [2.24, 2.45) is 5.92 Å². The number of rotatable bonds is 2. The molecule has 1 saturated carbocycles. The Bertz CT molecular complexity index is 992. The SMILES string of the molecule is Cc1[nH]ncc1-c1cc2nc([C@H]3N[C@H]4C[C@@H]3[C@@H](F)C4)[nH]c(=O)c2s1. The minimum Gasteiger partial charge on any atom is -0.308 e. The van der Waals surface area contributed by atoms with E-state index in [4.69, 9.17) is 0 Å². The molecule has 24 heavy (non-hydrogen) atoms. The zero-order valence-electron chi connectivity index (χ0n) is 13.0. The summed E-state index contributed by atoms with van der Waals surface area (Å²) in [4.78, 5) is 20.9. The van der Waals surface area contributed by atoms with Gasteiger partial charge in [-0.05, 0) is 25.8 Å². The van der Waals surface area contributed by atoms with Crippen LogP contribution in [0.4, 0.5) is 4.39 Å². The largest absolute Gasteiger partial charge is 0.308 e. The van der Waals surface area contributed by atoms with E-state index in [0.717, 1.165) is 22.6 Å². The molecule has 1 aliphatic carbocycles. The van der Waals surface area contributed by atoms with Crippen molar-refractivity contribution in [2.75, 3.05) is 0 Å². The molecule has 4 heterocycles. The predicted molar refractivity (Wildman–Crippen MR) is 89.8 cm³/mol. The van der Waals surface area contributed by atoms with Crippen molar-refractivity contribution in [3.05, 3.63) is 34.1 Å². The van der Waals surface area contributed by atoms with E-state index in [-0.39, 0.29) is 23.6 Å².